The van der Waals surface area contributed by atoms with Crippen molar-refractivity contribution >= 4 is 50.0 Å². The van der Waals surface area contributed by atoms with Gasteiger partial charge in [-0.15, -0.1) is 0 Å². The van der Waals surface area contributed by atoms with Crippen LogP contribution in [0.15, 0.2) is 80.8 Å². The Morgan fingerprint density at radius 1 is 1.03 bits per heavy atom. The minimum absolute atomic E-state index is 0.309. The second-order valence-corrected chi connectivity index (χ2v) is 8.39. The molecule has 3 aromatic carbocycles. The van der Waals surface area contributed by atoms with E-state index in [1.807, 2.05) is 13.0 Å². The third-order valence-electron chi connectivity index (χ3n) is 4.23. The lowest BCUT2D eigenvalue weighted by Crippen LogP contribution is -2.18. The van der Waals surface area contributed by atoms with E-state index in [0.29, 0.717) is 39.3 Å². The average Bonchev–Trinajstić information content (AvgIpc) is 2.80. The molecule has 1 amide bonds. The van der Waals surface area contributed by atoms with Crippen LogP contribution in [0.25, 0.3) is 0 Å². The number of benzene rings is 3. The SMILES string of the molecule is CCCOc1ccc(C(=O)Oc2ccc(Br)cc2/C=N/NC(=O)c2ccccc2Br)cc1. The van der Waals surface area contributed by atoms with E-state index in [2.05, 4.69) is 42.4 Å². The molecular weight excluding hydrogens is 540 g/mol. The van der Waals surface area contributed by atoms with Crippen LogP contribution in [0.4, 0.5) is 0 Å². The van der Waals surface area contributed by atoms with Crippen molar-refractivity contribution in [2.24, 2.45) is 5.10 Å². The summed E-state index contributed by atoms with van der Waals surface area (Å²) in [5, 5.41) is 4.01. The number of halogens is 2. The second kappa shape index (κ2) is 11.6. The first kappa shape index (κ1) is 23.7. The van der Waals surface area contributed by atoms with Gasteiger partial charge in [0, 0.05) is 14.5 Å². The maximum atomic E-state index is 12.6. The molecule has 0 saturated carbocycles. The number of carbonyl (C=O) groups excluding carboxylic acids is 2. The molecule has 0 fully saturated rings. The molecule has 0 heterocycles. The van der Waals surface area contributed by atoms with Gasteiger partial charge < -0.3 is 9.47 Å². The fourth-order valence-electron chi connectivity index (χ4n) is 2.65. The maximum absolute atomic E-state index is 12.6. The number of hydrogen-bond donors (Lipinski definition) is 1. The molecule has 0 bridgehead atoms. The molecule has 0 atom stereocenters. The van der Waals surface area contributed by atoms with Crippen LogP contribution >= 0.6 is 31.9 Å². The van der Waals surface area contributed by atoms with Gasteiger partial charge in [-0.25, -0.2) is 10.2 Å². The molecule has 3 rings (SSSR count). The molecule has 6 nitrogen and oxygen atoms in total. The number of rotatable bonds is 8. The molecule has 0 aliphatic rings. The van der Waals surface area contributed by atoms with Crippen molar-refractivity contribution in [2.45, 2.75) is 13.3 Å². The highest BCUT2D eigenvalue weighted by atomic mass is 79.9. The third-order valence-corrected chi connectivity index (χ3v) is 5.41. The first-order valence-electron chi connectivity index (χ1n) is 9.80. The Balaban J connectivity index is 1.70. The molecule has 0 saturated heterocycles. The van der Waals surface area contributed by atoms with E-state index in [1.165, 1.54) is 6.21 Å². The van der Waals surface area contributed by atoms with Crippen molar-refractivity contribution in [1.82, 2.24) is 5.43 Å². The van der Waals surface area contributed by atoms with Gasteiger partial charge in [-0.2, -0.15) is 5.10 Å². The number of nitrogens with one attached hydrogen (secondary N) is 1. The van der Waals surface area contributed by atoms with Crippen molar-refractivity contribution in [3.05, 3.63) is 92.4 Å². The summed E-state index contributed by atoms with van der Waals surface area (Å²) < 4.78 is 12.5. The van der Waals surface area contributed by atoms with Gasteiger partial charge in [-0.1, -0.05) is 35.0 Å². The smallest absolute Gasteiger partial charge is 0.343 e. The molecular formula is C24H20Br2N2O4. The van der Waals surface area contributed by atoms with Crippen LogP contribution in [-0.4, -0.2) is 24.7 Å². The minimum Gasteiger partial charge on any atom is -0.494 e. The first-order valence-corrected chi connectivity index (χ1v) is 11.4. The molecule has 32 heavy (non-hydrogen) atoms. The Hall–Kier alpha value is -2.97. The molecule has 0 aromatic heterocycles. The number of hydrazone groups is 1. The lowest BCUT2D eigenvalue weighted by molar-refractivity contribution is 0.0734. The van der Waals surface area contributed by atoms with E-state index in [9.17, 15) is 9.59 Å². The van der Waals surface area contributed by atoms with Crippen LogP contribution in [0.1, 0.15) is 39.6 Å². The van der Waals surface area contributed by atoms with Gasteiger partial charge in [0.15, 0.2) is 0 Å². The molecule has 8 heteroatoms. The number of amides is 1. The third kappa shape index (κ3) is 6.51. The summed E-state index contributed by atoms with van der Waals surface area (Å²) in [4.78, 5) is 24.9. The molecule has 0 unspecified atom stereocenters. The normalized spacial score (nSPS) is 10.7. The summed E-state index contributed by atoms with van der Waals surface area (Å²) >= 11 is 6.73. The second-order valence-electron chi connectivity index (χ2n) is 6.62. The van der Waals surface area contributed by atoms with Crippen LogP contribution in [0.3, 0.4) is 0 Å². The summed E-state index contributed by atoms with van der Waals surface area (Å²) in [5.41, 5.74) is 3.84. The Labute approximate surface area is 202 Å². The van der Waals surface area contributed by atoms with E-state index < -0.39 is 5.97 Å². The van der Waals surface area contributed by atoms with Crippen molar-refractivity contribution in [3.63, 3.8) is 0 Å². The topological polar surface area (TPSA) is 77.0 Å². The molecule has 0 spiro atoms. The molecule has 0 aliphatic carbocycles. The number of nitrogens with zero attached hydrogens (tertiary/aromatic N) is 1. The van der Waals surface area contributed by atoms with Gasteiger partial charge in [-0.05, 0) is 76.9 Å². The minimum atomic E-state index is -0.513. The Bertz CT molecular complexity index is 1130. The Morgan fingerprint density at radius 2 is 1.78 bits per heavy atom. The number of hydrogen-bond acceptors (Lipinski definition) is 5. The fourth-order valence-corrected chi connectivity index (χ4v) is 3.49. The first-order chi connectivity index (χ1) is 15.5. The summed E-state index contributed by atoms with van der Waals surface area (Å²) in [6, 6.07) is 18.9. The van der Waals surface area contributed by atoms with Crippen LogP contribution in [0.5, 0.6) is 11.5 Å². The largest absolute Gasteiger partial charge is 0.494 e. The monoisotopic (exact) mass is 558 g/mol. The van der Waals surface area contributed by atoms with Crippen molar-refractivity contribution in [3.8, 4) is 11.5 Å². The van der Waals surface area contributed by atoms with Gasteiger partial charge in [-0.3, -0.25) is 4.79 Å². The van der Waals surface area contributed by atoms with Crippen molar-refractivity contribution in [1.29, 1.82) is 0 Å². The number of carbonyl (C=O) groups is 2. The predicted molar refractivity (Wildman–Crippen MR) is 131 cm³/mol. The fraction of sp³-hybridized carbons (Fsp3) is 0.125. The van der Waals surface area contributed by atoms with Gasteiger partial charge in [0.05, 0.1) is 23.9 Å². The van der Waals surface area contributed by atoms with Crippen molar-refractivity contribution in [2.75, 3.05) is 6.61 Å². The van der Waals surface area contributed by atoms with E-state index in [-0.39, 0.29) is 5.91 Å². The molecule has 3 aromatic rings. The summed E-state index contributed by atoms with van der Waals surface area (Å²) in [7, 11) is 0. The Morgan fingerprint density at radius 3 is 2.50 bits per heavy atom. The van der Waals surface area contributed by atoms with Crippen LogP contribution < -0.4 is 14.9 Å². The van der Waals surface area contributed by atoms with Gasteiger partial charge in [0.2, 0.25) is 0 Å². The molecule has 0 radical (unpaired) electrons. The van der Waals surface area contributed by atoms with Gasteiger partial charge >= 0.3 is 5.97 Å². The zero-order valence-corrected chi connectivity index (χ0v) is 20.4. The van der Waals surface area contributed by atoms with Crippen molar-refractivity contribution < 1.29 is 19.1 Å². The summed E-state index contributed by atoms with van der Waals surface area (Å²) in [6.07, 6.45) is 2.32. The summed E-state index contributed by atoms with van der Waals surface area (Å²) in [5.74, 6) is 0.123. The molecule has 164 valence electrons. The predicted octanol–water partition coefficient (Wildman–Crippen LogP) is 5.98. The standard InChI is InChI=1S/C24H20Br2N2O4/c1-2-13-31-19-10-7-16(8-11-19)24(30)32-22-12-9-18(25)14-17(22)15-27-28-23(29)20-5-3-4-6-21(20)26/h3-12,14-15H,2,13H2,1H3,(H,28,29)/b27-15+. The molecule has 0 aliphatic heterocycles. The Kier molecular flexibility index (Phi) is 8.58. The quantitative estimate of drug-likeness (QED) is 0.159. The number of ether oxygens (including phenoxy) is 2. The molecule has 1 N–H and O–H groups in total. The maximum Gasteiger partial charge on any atom is 0.343 e. The lowest BCUT2D eigenvalue weighted by atomic mass is 10.2. The van der Waals surface area contributed by atoms with Crippen LogP contribution in [0.2, 0.25) is 0 Å². The van der Waals surface area contributed by atoms with E-state index >= 15 is 0 Å². The highest BCUT2D eigenvalue weighted by Gasteiger charge is 2.13. The van der Waals surface area contributed by atoms with E-state index in [1.54, 1.807) is 60.7 Å². The zero-order chi connectivity index (χ0) is 22.9. The summed E-state index contributed by atoms with van der Waals surface area (Å²) in [6.45, 7) is 2.64. The van der Waals surface area contributed by atoms with E-state index in [0.717, 1.165) is 10.9 Å². The zero-order valence-electron chi connectivity index (χ0n) is 17.2. The average molecular weight is 560 g/mol. The van der Waals surface area contributed by atoms with Crippen LogP contribution in [-0.2, 0) is 0 Å². The highest BCUT2D eigenvalue weighted by molar-refractivity contribution is 9.10. The lowest BCUT2D eigenvalue weighted by Gasteiger charge is -2.09. The number of esters is 1. The highest BCUT2D eigenvalue weighted by Crippen LogP contribution is 2.23. The van der Waals surface area contributed by atoms with Crippen LogP contribution in [0, 0.1) is 0 Å². The van der Waals surface area contributed by atoms with Gasteiger partial charge in [0.25, 0.3) is 5.91 Å². The van der Waals surface area contributed by atoms with Gasteiger partial charge in [0.1, 0.15) is 11.5 Å². The van der Waals surface area contributed by atoms with E-state index in [4.69, 9.17) is 9.47 Å².